The van der Waals surface area contributed by atoms with Crippen LogP contribution in [-0.4, -0.2) is 52.0 Å². The summed E-state index contributed by atoms with van der Waals surface area (Å²) in [7, 11) is 3.29. The van der Waals surface area contributed by atoms with E-state index in [1.165, 1.54) is 34.1 Å². The standard InChI is InChI=1S/C23H29N3O3.C3H7NO/c1-14-11-17(12-15(2)16(14)3)23(7-5-6-8-23)13-18-24-21(28)20(27)19-22(29)25(4)9-10-26(18)19;1-3(5)4-2/h11-12,27H,5-10,13H2,1-4H3;1-2H3,(H,4,5). The summed E-state index contributed by atoms with van der Waals surface area (Å²) in [4.78, 5) is 40.5. The zero-order chi connectivity index (χ0) is 25.2. The number of benzene rings is 1. The zero-order valence-electron chi connectivity index (χ0n) is 21.1. The van der Waals surface area contributed by atoms with Gasteiger partial charge in [-0.25, -0.2) is 0 Å². The number of hydrogen-bond donors (Lipinski definition) is 2. The first kappa shape index (κ1) is 25.5. The van der Waals surface area contributed by atoms with Gasteiger partial charge in [0.25, 0.3) is 5.91 Å². The summed E-state index contributed by atoms with van der Waals surface area (Å²) in [5.41, 5.74) is 4.45. The van der Waals surface area contributed by atoms with Crippen molar-refractivity contribution in [3.63, 3.8) is 0 Å². The van der Waals surface area contributed by atoms with Gasteiger partial charge in [-0.1, -0.05) is 25.0 Å². The number of aryl methyl sites for hydroxylation is 2. The van der Waals surface area contributed by atoms with Gasteiger partial charge in [-0.05, 0) is 55.9 Å². The molecule has 8 heteroatoms. The Balaban J connectivity index is 0.000000588. The molecule has 2 aromatic rings. The van der Waals surface area contributed by atoms with Gasteiger partial charge in [0.2, 0.25) is 11.7 Å². The first-order chi connectivity index (χ1) is 16.0. The molecule has 1 saturated carbocycles. The molecule has 184 valence electrons. The molecule has 1 aromatic heterocycles. The maximum Gasteiger partial charge on any atom is 0.315 e. The molecule has 2 amide bonds. The molecule has 34 heavy (non-hydrogen) atoms. The lowest BCUT2D eigenvalue weighted by Crippen LogP contribution is -2.42. The number of nitrogens with zero attached hydrogens (tertiary/aromatic N) is 3. The van der Waals surface area contributed by atoms with Crippen LogP contribution >= 0.6 is 0 Å². The monoisotopic (exact) mass is 468 g/mol. The van der Waals surface area contributed by atoms with E-state index in [1.54, 1.807) is 18.7 Å². The van der Waals surface area contributed by atoms with Crippen molar-refractivity contribution in [3.8, 4) is 5.75 Å². The van der Waals surface area contributed by atoms with Gasteiger partial charge >= 0.3 is 5.56 Å². The summed E-state index contributed by atoms with van der Waals surface area (Å²) >= 11 is 0. The molecule has 0 unspecified atom stereocenters. The van der Waals surface area contributed by atoms with Crippen LogP contribution in [0.2, 0.25) is 0 Å². The van der Waals surface area contributed by atoms with E-state index in [-0.39, 0.29) is 22.9 Å². The molecule has 2 heterocycles. The Hall–Kier alpha value is -3.16. The van der Waals surface area contributed by atoms with Crippen molar-refractivity contribution < 1.29 is 14.7 Å². The zero-order valence-corrected chi connectivity index (χ0v) is 21.1. The molecule has 1 fully saturated rings. The van der Waals surface area contributed by atoms with E-state index in [0.29, 0.717) is 25.3 Å². The highest BCUT2D eigenvalue weighted by atomic mass is 16.3. The summed E-state index contributed by atoms with van der Waals surface area (Å²) in [5.74, 6) is -0.239. The smallest absolute Gasteiger partial charge is 0.315 e. The average molecular weight is 469 g/mol. The molecule has 1 aliphatic heterocycles. The number of fused-ring (bicyclic) bond motifs is 1. The second-order valence-corrected chi connectivity index (χ2v) is 9.61. The fourth-order valence-electron chi connectivity index (χ4n) is 4.98. The van der Waals surface area contributed by atoms with Crippen LogP contribution in [0.15, 0.2) is 16.9 Å². The molecule has 1 aliphatic carbocycles. The lowest BCUT2D eigenvalue weighted by Gasteiger charge is -2.34. The van der Waals surface area contributed by atoms with Gasteiger partial charge in [0.15, 0.2) is 5.69 Å². The molecule has 0 spiro atoms. The van der Waals surface area contributed by atoms with Crippen LogP contribution in [0.3, 0.4) is 0 Å². The maximum absolute atomic E-state index is 12.6. The fraction of sp³-hybridized carbons (Fsp3) is 0.538. The number of aromatic nitrogens is 2. The number of nitrogens with one attached hydrogen (secondary N) is 1. The second kappa shape index (κ2) is 9.99. The molecule has 2 N–H and O–H groups in total. The number of amides is 2. The van der Waals surface area contributed by atoms with Crippen molar-refractivity contribution >= 4 is 11.8 Å². The number of likely N-dealkylation sites (N-methyl/N-ethyl adjacent to an activating group) is 1. The van der Waals surface area contributed by atoms with Crippen molar-refractivity contribution in [2.45, 2.75) is 71.8 Å². The molecule has 1 aromatic carbocycles. The van der Waals surface area contributed by atoms with Crippen molar-refractivity contribution in [2.75, 3.05) is 20.6 Å². The van der Waals surface area contributed by atoms with Crippen molar-refractivity contribution in [2.24, 2.45) is 0 Å². The van der Waals surface area contributed by atoms with Gasteiger partial charge in [-0.15, -0.1) is 0 Å². The van der Waals surface area contributed by atoms with E-state index >= 15 is 0 Å². The summed E-state index contributed by atoms with van der Waals surface area (Å²) in [6.07, 6.45) is 4.96. The third-order valence-electron chi connectivity index (χ3n) is 7.40. The highest BCUT2D eigenvalue weighted by molar-refractivity contribution is 5.95. The van der Waals surface area contributed by atoms with Crippen LogP contribution < -0.4 is 10.9 Å². The van der Waals surface area contributed by atoms with Crippen molar-refractivity contribution in [1.82, 2.24) is 19.8 Å². The lowest BCUT2D eigenvalue weighted by atomic mass is 9.74. The normalized spacial score (nSPS) is 16.5. The molecule has 0 saturated heterocycles. The predicted octanol–water partition coefficient (Wildman–Crippen LogP) is 2.77. The molecule has 2 aliphatic rings. The summed E-state index contributed by atoms with van der Waals surface area (Å²) < 4.78 is 1.77. The highest BCUT2D eigenvalue weighted by Crippen LogP contribution is 2.44. The Labute approximate surface area is 201 Å². The average Bonchev–Trinajstić information content (AvgIpc) is 3.27. The Bertz CT molecular complexity index is 1140. The Morgan fingerprint density at radius 3 is 2.21 bits per heavy atom. The third kappa shape index (κ3) is 4.86. The minimum Gasteiger partial charge on any atom is -0.501 e. The molecule has 4 rings (SSSR count). The van der Waals surface area contributed by atoms with E-state index in [1.807, 2.05) is 0 Å². The van der Waals surface area contributed by atoms with Gasteiger partial charge in [0.1, 0.15) is 5.82 Å². The van der Waals surface area contributed by atoms with E-state index in [2.05, 4.69) is 43.2 Å². The summed E-state index contributed by atoms with van der Waals surface area (Å²) in [5, 5.41) is 12.6. The third-order valence-corrected chi connectivity index (χ3v) is 7.40. The Morgan fingerprint density at radius 1 is 1.12 bits per heavy atom. The number of aromatic hydroxyl groups is 1. The maximum atomic E-state index is 12.6. The van der Waals surface area contributed by atoms with Crippen LogP contribution in [0, 0.1) is 20.8 Å². The second-order valence-electron chi connectivity index (χ2n) is 9.61. The topological polar surface area (TPSA) is 105 Å². The van der Waals surface area contributed by atoms with E-state index in [0.717, 1.165) is 25.7 Å². The molecule has 0 bridgehead atoms. The molecular formula is C26H36N4O4. The van der Waals surface area contributed by atoms with Crippen LogP contribution in [0.25, 0.3) is 0 Å². The highest BCUT2D eigenvalue weighted by Gasteiger charge is 2.39. The fourth-order valence-corrected chi connectivity index (χ4v) is 4.98. The molecule has 8 nitrogen and oxygen atoms in total. The van der Waals surface area contributed by atoms with E-state index in [9.17, 15) is 19.5 Å². The minimum atomic E-state index is -0.709. The lowest BCUT2D eigenvalue weighted by molar-refractivity contribution is -0.118. The SMILES string of the molecule is CNC(C)=O.Cc1cc(C2(Cc3nc(=O)c(O)c4n3CCN(C)C4=O)CCCC2)cc(C)c1C. The number of carbonyl (C=O) groups excluding carboxylic acids is 2. The van der Waals surface area contributed by atoms with E-state index < -0.39 is 11.3 Å². The Morgan fingerprint density at radius 2 is 1.68 bits per heavy atom. The van der Waals surface area contributed by atoms with Gasteiger partial charge in [-0.2, -0.15) is 4.98 Å². The van der Waals surface area contributed by atoms with Crippen molar-refractivity contribution in [1.29, 1.82) is 0 Å². The van der Waals surface area contributed by atoms with Crippen molar-refractivity contribution in [3.05, 3.63) is 56.3 Å². The largest absolute Gasteiger partial charge is 0.501 e. The van der Waals surface area contributed by atoms with Gasteiger partial charge < -0.3 is 19.9 Å². The van der Waals surface area contributed by atoms with Crippen LogP contribution in [0.4, 0.5) is 0 Å². The van der Waals surface area contributed by atoms with Gasteiger partial charge in [-0.3, -0.25) is 14.4 Å². The van der Waals surface area contributed by atoms with Crippen LogP contribution in [0.1, 0.15) is 71.2 Å². The summed E-state index contributed by atoms with van der Waals surface area (Å²) in [6.45, 7) is 8.99. The molecule has 0 atom stereocenters. The number of carbonyl (C=O) groups is 2. The van der Waals surface area contributed by atoms with Gasteiger partial charge in [0.05, 0.1) is 0 Å². The summed E-state index contributed by atoms with van der Waals surface area (Å²) in [6, 6.07) is 4.56. The quantitative estimate of drug-likeness (QED) is 0.721. The molecule has 0 radical (unpaired) electrons. The first-order valence-electron chi connectivity index (χ1n) is 11.9. The molecular weight excluding hydrogens is 432 g/mol. The Kier molecular flexibility index (Phi) is 7.48. The first-order valence-corrected chi connectivity index (χ1v) is 11.9. The minimum absolute atomic E-state index is 0.00463. The van der Waals surface area contributed by atoms with Gasteiger partial charge in [0, 0.05) is 45.9 Å². The predicted molar refractivity (Wildman–Crippen MR) is 131 cm³/mol. The van der Waals surface area contributed by atoms with Crippen LogP contribution in [-0.2, 0) is 23.2 Å². The number of hydrogen-bond acceptors (Lipinski definition) is 5. The van der Waals surface area contributed by atoms with Crippen LogP contribution in [0.5, 0.6) is 5.75 Å². The van der Waals surface area contributed by atoms with E-state index in [4.69, 9.17) is 0 Å². The number of rotatable bonds is 3.